The average Bonchev–Trinajstić information content (AvgIpc) is 2.12. The summed E-state index contributed by atoms with van der Waals surface area (Å²) in [6.45, 7) is 3.99. The van der Waals surface area contributed by atoms with Crippen LogP contribution in [-0.2, 0) is 0 Å². The van der Waals surface area contributed by atoms with Crippen LogP contribution in [0.25, 0.3) is 0 Å². The SMILES string of the molecule is CC(C)NC(C#N)CN(C)CCC(F)(F)F. The second-order valence-corrected chi connectivity index (χ2v) is 4.13. The van der Waals surface area contributed by atoms with Gasteiger partial charge >= 0.3 is 6.18 Å². The lowest BCUT2D eigenvalue weighted by atomic mass is 10.2. The Balaban J connectivity index is 3.93. The van der Waals surface area contributed by atoms with Gasteiger partial charge < -0.3 is 4.90 Å². The third-order valence-electron chi connectivity index (χ3n) is 1.96. The van der Waals surface area contributed by atoms with E-state index in [9.17, 15) is 13.2 Å². The zero-order chi connectivity index (χ0) is 12.8. The minimum absolute atomic E-state index is 0.0819. The largest absolute Gasteiger partial charge is 0.390 e. The van der Waals surface area contributed by atoms with Gasteiger partial charge in [-0.3, -0.25) is 5.32 Å². The second-order valence-electron chi connectivity index (χ2n) is 4.13. The van der Waals surface area contributed by atoms with Crippen LogP contribution in [0.4, 0.5) is 13.2 Å². The summed E-state index contributed by atoms with van der Waals surface area (Å²) in [7, 11) is 1.58. The number of hydrogen-bond donors (Lipinski definition) is 1. The van der Waals surface area contributed by atoms with Crippen molar-refractivity contribution in [3.63, 3.8) is 0 Å². The Hall–Kier alpha value is -0.800. The molecule has 0 aromatic rings. The molecular formula is C10H18F3N3. The summed E-state index contributed by atoms with van der Waals surface area (Å²) in [5, 5.41) is 11.8. The third kappa shape index (κ3) is 8.50. The van der Waals surface area contributed by atoms with Crippen molar-refractivity contribution in [1.29, 1.82) is 5.26 Å². The molecule has 0 amide bonds. The maximum Gasteiger partial charge on any atom is 0.390 e. The number of rotatable bonds is 6. The number of nitriles is 1. The molecule has 16 heavy (non-hydrogen) atoms. The van der Waals surface area contributed by atoms with Gasteiger partial charge in [0.05, 0.1) is 12.5 Å². The van der Waals surface area contributed by atoms with Crippen LogP contribution in [0.5, 0.6) is 0 Å². The number of nitrogens with one attached hydrogen (secondary N) is 1. The molecule has 0 rings (SSSR count). The predicted molar refractivity (Wildman–Crippen MR) is 55.8 cm³/mol. The van der Waals surface area contributed by atoms with E-state index < -0.39 is 18.6 Å². The highest BCUT2D eigenvalue weighted by Crippen LogP contribution is 2.19. The van der Waals surface area contributed by atoms with Gasteiger partial charge in [-0.1, -0.05) is 0 Å². The first kappa shape index (κ1) is 15.2. The monoisotopic (exact) mass is 237 g/mol. The lowest BCUT2D eigenvalue weighted by Crippen LogP contribution is -2.42. The fourth-order valence-electron chi connectivity index (χ4n) is 1.25. The Labute approximate surface area is 94.2 Å². The maximum atomic E-state index is 11.9. The van der Waals surface area contributed by atoms with E-state index in [-0.39, 0.29) is 12.6 Å². The molecule has 1 unspecified atom stereocenters. The van der Waals surface area contributed by atoms with Crippen molar-refractivity contribution in [3.8, 4) is 6.07 Å². The summed E-state index contributed by atoms with van der Waals surface area (Å²) in [6.07, 6.45) is -4.98. The highest BCUT2D eigenvalue weighted by atomic mass is 19.4. The first-order valence-corrected chi connectivity index (χ1v) is 5.15. The third-order valence-corrected chi connectivity index (χ3v) is 1.96. The molecule has 3 nitrogen and oxygen atoms in total. The quantitative estimate of drug-likeness (QED) is 0.765. The van der Waals surface area contributed by atoms with E-state index in [1.54, 1.807) is 7.05 Å². The average molecular weight is 237 g/mol. The molecule has 0 aliphatic heterocycles. The molecule has 0 aromatic heterocycles. The van der Waals surface area contributed by atoms with Crippen molar-refractivity contribution in [2.24, 2.45) is 0 Å². The molecule has 0 aliphatic carbocycles. The van der Waals surface area contributed by atoms with E-state index in [0.29, 0.717) is 6.54 Å². The van der Waals surface area contributed by atoms with Gasteiger partial charge in [-0.05, 0) is 20.9 Å². The standard InChI is InChI=1S/C10H18F3N3/c1-8(2)15-9(6-14)7-16(3)5-4-10(11,12)13/h8-9,15H,4-5,7H2,1-3H3. The summed E-state index contributed by atoms with van der Waals surface area (Å²) in [4.78, 5) is 1.51. The van der Waals surface area contributed by atoms with Crippen LogP contribution in [-0.4, -0.2) is 43.3 Å². The first-order chi connectivity index (χ1) is 7.24. The minimum atomic E-state index is -4.14. The van der Waals surface area contributed by atoms with E-state index in [1.165, 1.54) is 4.90 Å². The fraction of sp³-hybridized carbons (Fsp3) is 0.900. The van der Waals surface area contributed by atoms with E-state index in [4.69, 9.17) is 5.26 Å². The normalized spacial score (nSPS) is 14.2. The topological polar surface area (TPSA) is 39.1 Å². The minimum Gasteiger partial charge on any atom is -0.303 e. The molecule has 0 aliphatic rings. The Bertz CT molecular complexity index is 232. The van der Waals surface area contributed by atoms with Crippen molar-refractivity contribution < 1.29 is 13.2 Å². The molecule has 0 aromatic carbocycles. The Morgan fingerprint density at radius 1 is 1.38 bits per heavy atom. The zero-order valence-electron chi connectivity index (χ0n) is 9.80. The number of nitrogens with zero attached hydrogens (tertiary/aromatic N) is 2. The highest BCUT2D eigenvalue weighted by molar-refractivity contribution is 4.92. The first-order valence-electron chi connectivity index (χ1n) is 5.15. The van der Waals surface area contributed by atoms with Crippen molar-refractivity contribution in [2.45, 2.75) is 38.5 Å². The van der Waals surface area contributed by atoms with E-state index in [0.717, 1.165) is 0 Å². The lowest BCUT2D eigenvalue weighted by Gasteiger charge is -2.22. The zero-order valence-corrected chi connectivity index (χ0v) is 9.80. The summed E-state index contributed by atoms with van der Waals surface area (Å²) >= 11 is 0. The van der Waals surface area contributed by atoms with Gasteiger partial charge in [0, 0.05) is 19.1 Å². The summed E-state index contributed by atoms with van der Waals surface area (Å²) in [5.74, 6) is 0. The number of halogens is 3. The molecular weight excluding hydrogens is 219 g/mol. The lowest BCUT2D eigenvalue weighted by molar-refractivity contribution is -0.137. The van der Waals surface area contributed by atoms with Crippen LogP contribution in [0.15, 0.2) is 0 Å². The molecule has 0 radical (unpaired) electrons. The molecule has 1 N–H and O–H groups in total. The number of likely N-dealkylation sites (N-methyl/N-ethyl adjacent to an activating group) is 1. The molecule has 94 valence electrons. The predicted octanol–water partition coefficient (Wildman–Crippen LogP) is 1.76. The summed E-state index contributed by atoms with van der Waals surface area (Å²) in [5.41, 5.74) is 0. The number of alkyl halides is 3. The van der Waals surface area contributed by atoms with Crippen molar-refractivity contribution >= 4 is 0 Å². The van der Waals surface area contributed by atoms with Gasteiger partial charge in [0.25, 0.3) is 0 Å². The fourth-order valence-corrected chi connectivity index (χ4v) is 1.25. The van der Waals surface area contributed by atoms with E-state index >= 15 is 0 Å². The molecule has 6 heteroatoms. The van der Waals surface area contributed by atoms with Gasteiger partial charge in [-0.25, -0.2) is 0 Å². The maximum absolute atomic E-state index is 11.9. The second kappa shape index (κ2) is 6.71. The smallest absolute Gasteiger partial charge is 0.303 e. The van der Waals surface area contributed by atoms with E-state index in [1.807, 2.05) is 19.9 Å². The van der Waals surface area contributed by atoms with Gasteiger partial charge in [-0.2, -0.15) is 18.4 Å². The molecule has 0 heterocycles. The van der Waals surface area contributed by atoms with Gasteiger partial charge in [-0.15, -0.1) is 0 Å². The van der Waals surface area contributed by atoms with Gasteiger partial charge in [0.15, 0.2) is 0 Å². The van der Waals surface area contributed by atoms with Crippen molar-refractivity contribution in [2.75, 3.05) is 20.1 Å². The Morgan fingerprint density at radius 2 is 1.94 bits per heavy atom. The van der Waals surface area contributed by atoms with Crippen LogP contribution in [0.3, 0.4) is 0 Å². The summed E-state index contributed by atoms with van der Waals surface area (Å²) < 4.78 is 35.8. The number of hydrogen-bond acceptors (Lipinski definition) is 3. The van der Waals surface area contributed by atoms with Crippen LogP contribution in [0.1, 0.15) is 20.3 Å². The van der Waals surface area contributed by atoms with Crippen molar-refractivity contribution in [1.82, 2.24) is 10.2 Å². The Kier molecular flexibility index (Phi) is 6.38. The molecule has 0 bridgehead atoms. The van der Waals surface area contributed by atoms with Crippen LogP contribution < -0.4 is 5.32 Å². The van der Waals surface area contributed by atoms with Crippen molar-refractivity contribution in [3.05, 3.63) is 0 Å². The van der Waals surface area contributed by atoms with E-state index in [2.05, 4.69) is 5.32 Å². The molecule has 0 saturated carbocycles. The van der Waals surface area contributed by atoms with Crippen LogP contribution in [0, 0.1) is 11.3 Å². The van der Waals surface area contributed by atoms with Gasteiger partial charge in [0.1, 0.15) is 6.04 Å². The van der Waals surface area contributed by atoms with Crippen LogP contribution in [0.2, 0.25) is 0 Å². The molecule has 0 spiro atoms. The van der Waals surface area contributed by atoms with Gasteiger partial charge in [0.2, 0.25) is 0 Å². The molecule has 0 saturated heterocycles. The molecule has 1 atom stereocenters. The Morgan fingerprint density at radius 3 is 2.31 bits per heavy atom. The summed E-state index contributed by atoms with van der Waals surface area (Å²) in [6, 6.07) is 1.73. The molecule has 0 fully saturated rings. The van der Waals surface area contributed by atoms with Crippen LogP contribution >= 0.6 is 0 Å². The highest BCUT2D eigenvalue weighted by Gasteiger charge is 2.27.